The Morgan fingerprint density at radius 1 is 1.12 bits per heavy atom. The van der Waals surface area contributed by atoms with E-state index in [1.807, 2.05) is 24.3 Å². The number of carbonyl (C=O) groups excluding carboxylic acids is 2. The Morgan fingerprint density at radius 3 is 2.69 bits per heavy atom. The molecule has 0 bridgehead atoms. The Hall–Kier alpha value is -2.96. The van der Waals surface area contributed by atoms with Gasteiger partial charge in [-0.05, 0) is 31.4 Å². The Labute approximate surface area is 150 Å². The highest BCUT2D eigenvalue weighted by molar-refractivity contribution is 6.01. The number of anilines is 1. The maximum absolute atomic E-state index is 12.2. The van der Waals surface area contributed by atoms with Crippen LogP contribution in [0.1, 0.15) is 25.7 Å². The van der Waals surface area contributed by atoms with Gasteiger partial charge in [-0.15, -0.1) is 0 Å². The van der Waals surface area contributed by atoms with Crippen molar-refractivity contribution in [1.29, 1.82) is 0 Å². The van der Waals surface area contributed by atoms with Crippen LogP contribution in [-0.2, 0) is 14.4 Å². The molecule has 1 saturated carbocycles. The number of carbonyl (C=O) groups is 3. The van der Waals surface area contributed by atoms with Crippen molar-refractivity contribution in [3.8, 4) is 0 Å². The lowest BCUT2D eigenvalue weighted by Crippen LogP contribution is -2.39. The molecule has 0 saturated heterocycles. The van der Waals surface area contributed by atoms with Gasteiger partial charge in [-0.25, -0.2) is 0 Å². The van der Waals surface area contributed by atoms with Gasteiger partial charge in [0.25, 0.3) is 0 Å². The molecule has 3 N–H and O–H groups in total. The molecule has 3 rings (SSSR count). The molecule has 7 heteroatoms. The van der Waals surface area contributed by atoms with Gasteiger partial charge in [0, 0.05) is 17.5 Å². The number of para-hydroxylation sites is 1. The van der Waals surface area contributed by atoms with Crippen LogP contribution in [0.5, 0.6) is 0 Å². The Morgan fingerprint density at radius 2 is 1.88 bits per heavy atom. The highest BCUT2D eigenvalue weighted by atomic mass is 16.4. The molecular weight excluding hydrogens is 334 g/mol. The van der Waals surface area contributed by atoms with E-state index >= 15 is 0 Å². The molecule has 136 valence electrons. The van der Waals surface area contributed by atoms with Crippen LogP contribution in [0.2, 0.25) is 0 Å². The number of fused-ring (bicyclic) bond motifs is 1. The second-order valence-corrected chi connectivity index (χ2v) is 6.55. The van der Waals surface area contributed by atoms with Crippen LogP contribution in [0.3, 0.4) is 0 Å². The van der Waals surface area contributed by atoms with Gasteiger partial charge in [-0.1, -0.05) is 24.6 Å². The van der Waals surface area contributed by atoms with Crippen molar-refractivity contribution in [1.82, 2.24) is 10.3 Å². The smallest absolute Gasteiger partial charge is 0.306 e. The molecule has 1 aromatic carbocycles. The topological polar surface area (TPSA) is 108 Å². The third kappa shape index (κ3) is 4.17. The summed E-state index contributed by atoms with van der Waals surface area (Å²) in [7, 11) is 0. The van der Waals surface area contributed by atoms with Crippen molar-refractivity contribution < 1.29 is 19.5 Å². The van der Waals surface area contributed by atoms with Gasteiger partial charge < -0.3 is 15.7 Å². The predicted octanol–water partition coefficient (Wildman–Crippen LogP) is 2.18. The molecule has 2 aromatic rings. The number of nitrogens with zero attached hydrogens (tertiary/aromatic N) is 1. The fraction of sp³-hybridized carbons (Fsp3) is 0.368. The van der Waals surface area contributed by atoms with Gasteiger partial charge >= 0.3 is 5.97 Å². The van der Waals surface area contributed by atoms with E-state index in [9.17, 15) is 14.4 Å². The second kappa shape index (κ2) is 7.95. The van der Waals surface area contributed by atoms with E-state index < -0.39 is 11.9 Å². The van der Waals surface area contributed by atoms with Gasteiger partial charge in [0.05, 0.1) is 23.7 Å². The summed E-state index contributed by atoms with van der Waals surface area (Å²) in [6.45, 7) is -0.156. The standard InChI is InChI=1S/C19H21N3O4/c23-16(22-15-8-2-4-12-7-3-9-20-17(12)15)11-21-18(24)13-5-1-6-14(10-13)19(25)26/h2-4,7-9,13-14H,1,5-6,10-11H2,(H,21,24)(H,22,23)(H,25,26). The number of aromatic nitrogens is 1. The number of hydrogen-bond acceptors (Lipinski definition) is 4. The average Bonchev–Trinajstić information content (AvgIpc) is 2.66. The summed E-state index contributed by atoms with van der Waals surface area (Å²) >= 11 is 0. The van der Waals surface area contributed by atoms with Crippen LogP contribution in [0.15, 0.2) is 36.5 Å². The van der Waals surface area contributed by atoms with E-state index in [4.69, 9.17) is 5.11 Å². The number of benzene rings is 1. The molecule has 0 aliphatic heterocycles. The number of hydrogen-bond donors (Lipinski definition) is 3. The normalized spacial score (nSPS) is 19.7. The van der Waals surface area contributed by atoms with E-state index in [2.05, 4.69) is 15.6 Å². The molecular formula is C19H21N3O4. The van der Waals surface area contributed by atoms with Gasteiger partial charge in [0.15, 0.2) is 0 Å². The molecule has 1 fully saturated rings. The zero-order chi connectivity index (χ0) is 18.5. The van der Waals surface area contributed by atoms with Crippen LogP contribution in [0.4, 0.5) is 5.69 Å². The number of carboxylic acids is 1. The van der Waals surface area contributed by atoms with Crippen molar-refractivity contribution in [2.24, 2.45) is 11.8 Å². The minimum absolute atomic E-state index is 0.156. The first-order chi connectivity index (χ1) is 12.5. The van der Waals surface area contributed by atoms with Crippen molar-refractivity contribution in [2.75, 3.05) is 11.9 Å². The summed E-state index contributed by atoms with van der Waals surface area (Å²) in [5.74, 6) is -2.29. The van der Waals surface area contributed by atoms with E-state index in [0.29, 0.717) is 36.9 Å². The quantitative estimate of drug-likeness (QED) is 0.762. The zero-order valence-electron chi connectivity index (χ0n) is 14.3. The van der Waals surface area contributed by atoms with E-state index in [-0.39, 0.29) is 24.3 Å². The van der Waals surface area contributed by atoms with E-state index in [0.717, 1.165) is 5.39 Å². The maximum atomic E-state index is 12.2. The summed E-state index contributed by atoms with van der Waals surface area (Å²) < 4.78 is 0. The number of carboxylic acid groups (broad SMARTS) is 1. The first-order valence-corrected chi connectivity index (χ1v) is 8.68. The lowest BCUT2D eigenvalue weighted by Gasteiger charge is -2.25. The molecule has 1 aliphatic rings. The fourth-order valence-electron chi connectivity index (χ4n) is 3.36. The summed E-state index contributed by atoms with van der Waals surface area (Å²) in [5, 5.41) is 15.4. The van der Waals surface area contributed by atoms with Crippen molar-refractivity contribution in [3.63, 3.8) is 0 Å². The number of pyridine rings is 1. The third-order valence-electron chi connectivity index (χ3n) is 4.72. The molecule has 2 atom stereocenters. The molecule has 0 radical (unpaired) electrons. The monoisotopic (exact) mass is 355 g/mol. The van der Waals surface area contributed by atoms with Gasteiger partial charge in [0.1, 0.15) is 0 Å². The second-order valence-electron chi connectivity index (χ2n) is 6.55. The third-order valence-corrected chi connectivity index (χ3v) is 4.72. The van der Waals surface area contributed by atoms with Gasteiger partial charge in [0.2, 0.25) is 11.8 Å². The zero-order valence-corrected chi connectivity index (χ0v) is 14.3. The average molecular weight is 355 g/mol. The number of aliphatic carboxylic acids is 1. The number of rotatable bonds is 5. The Bertz CT molecular complexity index is 831. The summed E-state index contributed by atoms with van der Waals surface area (Å²) in [6, 6.07) is 9.21. The molecule has 1 heterocycles. The lowest BCUT2D eigenvalue weighted by molar-refractivity contribution is -0.144. The van der Waals surface area contributed by atoms with Gasteiger partial charge in [-0.2, -0.15) is 0 Å². The Balaban J connectivity index is 1.55. The summed E-state index contributed by atoms with van der Waals surface area (Å²) in [4.78, 5) is 39.8. The van der Waals surface area contributed by atoms with Gasteiger partial charge in [-0.3, -0.25) is 19.4 Å². The van der Waals surface area contributed by atoms with Crippen molar-refractivity contribution in [3.05, 3.63) is 36.5 Å². The molecule has 2 amide bonds. The van der Waals surface area contributed by atoms with Crippen LogP contribution < -0.4 is 10.6 Å². The molecule has 1 aromatic heterocycles. The molecule has 7 nitrogen and oxygen atoms in total. The van der Waals surface area contributed by atoms with Crippen molar-refractivity contribution >= 4 is 34.4 Å². The number of amides is 2. The van der Waals surface area contributed by atoms with Crippen LogP contribution >= 0.6 is 0 Å². The highest BCUT2D eigenvalue weighted by Gasteiger charge is 2.31. The predicted molar refractivity (Wildman–Crippen MR) is 96.5 cm³/mol. The molecule has 26 heavy (non-hydrogen) atoms. The first kappa shape index (κ1) is 17.8. The fourth-order valence-corrected chi connectivity index (χ4v) is 3.36. The SMILES string of the molecule is O=C(CNC(=O)C1CCCC(C(=O)O)C1)Nc1cccc2cccnc12. The molecule has 1 aliphatic carbocycles. The van der Waals surface area contributed by atoms with Crippen LogP contribution in [0.25, 0.3) is 10.9 Å². The van der Waals surface area contributed by atoms with E-state index in [1.165, 1.54) is 0 Å². The minimum Gasteiger partial charge on any atom is -0.481 e. The molecule has 0 spiro atoms. The maximum Gasteiger partial charge on any atom is 0.306 e. The summed E-state index contributed by atoms with van der Waals surface area (Å²) in [6.07, 6.45) is 3.96. The van der Waals surface area contributed by atoms with Crippen LogP contribution in [-0.4, -0.2) is 34.4 Å². The Kier molecular flexibility index (Phi) is 5.46. The lowest BCUT2D eigenvalue weighted by atomic mass is 9.81. The van der Waals surface area contributed by atoms with Crippen molar-refractivity contribution in [2.45, 2.75) is 25.7 Å². The summed E-state index contributed by atoms with van der Waals surface area (Å²) in [5.41, 5.74) is 1.28. The molecule has 2 unspecified atom stereocenters. The van der Waals surface area contributed by atoms with E-state index in [1.54, 1.807) is 12.3 Å². The number of nitrogens with one attached hydrogen (secondary N) is 2. The highest BCUT2D eigenvalue weighted by Crippen LogP contribution is 2.29. The minimum atomic E-state index is -0.858. The largest absolute Gasteiger partial charge is 0.481 e. The first-order valence-electron chi connectivity index (χ1n) is 8.68. The van der Waals surface area contributed by atoms with Crippen LogP contribution in [0, 0.1) is 11.8 Å².